The summed E-state index contributed by atoms with van der Waals surface area (Å²) in [6.45, 7) is 0. The molecule has 2 heterocycles. The van der Waals surface area contributed by atoms with Gasteiger partial charge >= 0.3 is 5.97 Å². The van der Waals surface area contributed by atoms with Crippen molar-refractivity contribution in [2.75, 3.05) is 4.31 Å². The number of aliphatic carboxylic acids is 1. The van der Waals surface area contributed by atoms with Gasteiger partial charge in [-0.05, 0) is 43.9 Å². The molecule has 2 aromatic heterocycles. The average molecular weight is 349 g/mol. The van der Waals surface area contributed by atoms with Crippen LogP contribution in [0.1, 0.15) is 25.7 Å². The first-order valence-electron chi connectivity index (χ1n) is 7.63. The van der Waals surface area contributed by atoms with E-state index in [1.807, 2.05) is 0 Å². The molecule has 3 rings (SSSR count). The van der Waals surface area contributed by atoms with Crippen molar-refractivity contribution >= 4 is 22.9 Å². The number of carboxylic acids is 1. The monoisotopic (exact) mass is 349 g/mol. The normalized spacial score (nSPS) is 22.0. The Labute approximate surface area is 141 Å². The molecule has 1 aliphatic rings. The van der Waals surface area contributed by atoms with Crippen molar-refractivity contribution in [3.05, 3.63) is 36.8 Å². The van der Waals surface area contributed by atoms with Crippen LogP contribution in [0.15, 0.2) is 36.8 Å². The number of hydrogen-bond donors (Lipinski definition) is 1. The van der Waals surface area contributed by atoms with E-state index in [1.165, 1.54) is 10.5 Å². The van der Waals surface area contributed by atoms with E-state index in [9.17, 15) is 13.6 Å². The molecule has 0 bridgehead atoms. The summed E-state index contributed by atoms with van der Waals surface area (Å²) in [6, 6.07) is 4.92. The molecule has 0 spiro atoms. The van der Waals surface area contributed by atoms with Crippen molar-refractivity contribution in [1.29, 1.82) is 0 Å². The molecule has 1 saturated carbocycles. The second-order valence-corrected chi connectivity index (χ2v) is 6.54. The largest absolute Gasteiger partial charge is 0.755 e. The van der Waals surface area contributed by atoms with Gasteiger partial charge in [-0.3, -0.25) is 13.3 Å². The molecular formula is C15H17N4O4S-. The van der Waals surface area contributed by atoms with E-state index in [2.05, 4.69) is 10.1 Å². The van der Waals surface area contributed by atoms with E-state index in [1.54, 1.807) is 35.3 Å². The zero-order valence-corrected chi connectivity index (χ0v) is 13.6. The van der Waals surface area contributed by atoms with Gasteiger partial charge in [0.05, 0.1) is 17.8 Å². The predicted molar refractivity (Wildman–Crippen MR) is 86.1 cm³/mol. The summed E-state index contributed by atoms with van der Waals surface area (Å²) in [4.78, 5) is 15.3. The molecule has 0 aliphatic heterocycles. The highest BCUT2D eigenvalue weighted by Gasteiger charge is 2.30. The van der Waals surface area contributed by atoms with Gasteiger partial charge in [0.2, 0.25) is 0 Å². The number of carbonyl (C=O) groups is 1. The van der Waals surface area contributed by atoms with E-state index in [4.69, 9.17) is 5.11 Å². The molecule has 24 heavy (non-hydrogen) atoms. The number of hydrogen-bond acceptors (Lipinski definition) is 5. The van der Waals surface area contributed by atoms with Crippen molar-refractivity contribution in [3.63, 3.8) is 0 Å². The zero-order valence-electron chi connectivity index (χ0n) is 12.8. The smallest absolute Gasteiger partial charge is 0.306 e. The predicted octanol–water partition coefficient (Wildman–Crippen LogP) is 1.51. The Hall–Kier alpha value is -2.26. The Morgan fingerprint density at radius 1 is 1.33 bits per heavy atom. The summed E-state index contributed by atoms with van der Waals surface area (Å²) in [7, 11) is 0. The summed E-state index contributed by atoms with van der Waals surface area (Å²) >= 11 is -2.44. The molecule has 1 atom stereocenters. The molecule has 2 aromatic rings. The van der Waals surface area contributed by atoms with Crippen LogP contribution >= 0.6 is 0 Å². The Bertz CT molecular complexity index is 712. The first-order valence-corrected chi connectivity index (χ1v) is 8.67. The maximum absolute atomic E-state index is 11.7. The minimum Gasteiger partial charge on any atom is -0.755 e. The number of carboxylic acid groups (broad SMARTS) is 1. The summed E-state index contributed by atoms with van der Waals surface area (Å²) in [6.07, 6.45) is 6.88. The molecular weight excluding hydrogens is 332 g/mol. The maximum atomic E-state index is 11.7. The van der Waals surface area contributed by atoms with Gasteiger partial charge in [0, 0.05) is 29.7 Å². The van der Waals surface area contributed by atoms with Crippen molar-refractivity contribution in [2.24, 2.45) is 5.92 Å². The van der Waals surface area contributed by atoms with Crippen molar-refractivity contribution in [1.82, 2.24) is 14.8 Å². The molecule has 0 saturated heterocycles. The molecule has 1 fully saturated rings. The topological polar surface area (TPSA) is 111 Å². The second-order valence-electron chi connectivity index (χ2n) is 5.71. The molecule has 0 aromatic carbocycles. The molecule has 1 N–H and O–H groups in total. The van der Waals surface area contributed by atoms with Gasteiger partial charge in [-0.15, -0.1) is 0 Å². The van der Waals surface area contributed by atoms with Crippen molar-refractivity contribution in [3.8, 4) is 5.82 Å². The highest BCUT2D eigenvalue weighted by atomic mass is 32.2. The van der Waals surface area contributed by atoms with Crippen LogP contribution in [-0.2, 0) is 16.1 Å². The Balaban J connectivity index is 1.77. The third-order valence-corrected chi connectivity index (χ3v) is 5.09. The van der Waals surface area contributed by atoms with E-state index in [0.717, 1.165) is 0 Å². The standard InChI is InChI=1S/C15H18N4O4S/c20-15(21)11-2-4-12(5-3-11)19(24(22)23)13-6-7-14(16-10-13)18-9-1-8-17-18/h1,6-12H,2-5H2,(H,20,21)(H,22,23)/p-1. The fourth-order valence-electron chi connectivity index (χ4n) is 3.02. The van der Waals surface area contributed by atoms with Gasteiger partial charge in [0.1, 0.15) is 0 Å². The molecule has 0 radical (unpaired) electrons. The van der Waals surface area contributed by atoms with Gasteiger partial charge in [-0.2, -0.15) is 5.10 Å². The quantitative estimate of drug-likeness (QED) is 0.819. The minimum absolute atomic E-state index is 0.240. The molecule has 1 unspecified atom stereocenters. The first kappa shape index (κ1) is 16.6. The number of pyridine rings is 1. The molecule has 0 amide bonds. The average Bonchev–Trinajstić information content (AvgIpc) is 3.10. The lowest BCUT2D eigenvalue weighted by Gasteiger charge is -2.37. The zero-order chi connectivity index (χ0) is 17.1. The van der Waals surface area contributed by atoms with E-state index >= 15 is 0 Å². The molecule has 8 nitrogen and oxygen atoms in total. The lowest BCUT2D eigenvalue weighted by Crippen LogP contribution is -2.40. The van der Waals surface area contributed by atoms with Gasteiger partial charge in [0.25, 0.3) is 0 Å². The van der Waals surface area contributed by atoms with Crippen LogP contribution in [0, 0.1) is 5.92 Å². The Morgan fingerprint density at radius 3 is 2.58 bits per heavy atom. The van der Waals surface area contributed by atoms with Crippen LogP contribution in [0.2, 0.25) is 0 Å². The Morgan fingerprint density at radius 2 is 2.08 bits per heavy atom. The first-order chi connectivity index (χ1) is 11.6. The third kappa shape index (κ3) is 3.46. The number of rotatable bonds is 5. The summed E-state index contributed by atoms with van der Waals surface area (Å²) < 4.78 is 26.3. The van der Waals surface area contributed by atoms with Gasteiger partial charge < -0.3 is 9.66 Å². The number of nitrogens with zero attached hydrogens (tertiary/aromatic N) is 4. The maximum Gasteiger partial charge on any atom is 0.306 e. The van der Waals surface area contributed by atoms with Gasteiger partial charge in [-0.1, -0.05) is 0 Å². The lowest BCUT2D eigenvalue weighted by atomic mass is 9.86. The summed E-state index contributed by atoms with van der Waals surface area (Å²) in [5.74, 6) is -0.605. The van der Waals surface area contributed by atoms with Crippen molar-refractivity contribution in [2.45, 2.75) is 31.7 Å². The fraction of sp³-hybridized carbons (Fsp3) is 0.400. The van der Waals surface area contributed by atoms with Crippen molar-refractivity contribution < 1.29 is 18.7 Å². The highest BCUT2D eigenvalue weighted by molar-refractivity contribution is 7.80. The fourth-order valence-corrected chi connectivity index (χ4v) is 3.76. The van der Waals surface area contributed by atoms with Crippen LogP contribution in [0.25, 0.3) is 5.82 Å². The van der Waals surface area contributed by atoms with Crippen LogP contribution < -0.4 is 4.31 Å². The SMILES string of the molecule is O=C(O)C1CCC(N(c2ccc(-n3cccn3)nc2)S(=O)[O-])CC1. The number of anilines is 1. The van der Waals surface area contributed by atoms with Crippen LogP contribution in [0.3, 0.4) is 0 Å². The second kappa shape index (κ2) is 7.10. The van der Waals surface area contributed by atoms with Crippen LogP contribution in [0.4, 0.5) is 5.69 Å². The lowest BCUT2D eigenvalue weighted by molar-refractivity contribution is -0.142. The van der Waals surface area contributed by atoms with Crippen LogP contribution in [-0.4, -0.2) is 40.6 Å². The van der Waals surface area contributed by atoms with Gasteiger partial charge in [0.15, 0.2) is 5.82 Å². The summed E-state index contributed by atoms with van der Waals surface area (Å²) in [5, 5.41) is 13.1. The molecule has 9 heteroatoms. The molecule has 1 aliphatic carbocycles. The van der Waals surface area contributed by atoms with E-state index in [-0.39, 0.29) is 12.0 Å². The van der Waals surface area contributed by atoms with E-state index in [0.29, 0.717) is 37.2 Å². The minimum atomic E-state index is -2.44. The Kier molecular flexibility index (Phi) is 4.91. The van der Waals surface area contributed by atoms with E-state index < -0.39 is 17.2 Å². The highest BCUT2D eigenvalue weighted by Crippen LogP contribution is 2.31. The molecule has 128 valence electrons. The van der Waals surface area contributed by atoms with Gasteiger partial charge in [-0.25, -0.2) is 9.67 Å². The summed E-state index contributed by atoms with van der Waals surface area (Å²) in [5.41, 5.74) is 0.470. The third-order valence-electron chi connectivity index (χ3n) is 4.26. The number of aromatic nitrogens is 3. The van der Waals surface area contributed by atoms with Crippen LogP contribution in [0.5, 0.6) is 0 Å².